The molecule has 0 aliphatic rings. The molecule has 0 spiro atoms. The van der Waals surface area contributed by atoms with Crippen LogP contribution in [0.4, 0.5) is 0 Å². The highest BCUT2D eigenvalue weighted by molar-refractivity contribution is 6.36. The van der Waals surface area contributed by atoms with E-state index >= 15 is 0 Å². The molecule has 1 heterocycles. The van der Waals surface area contributed by atoms with Crippen LogP contribution in [0.15, 0.2) is 41.0 Å². The number of rotatable bonds is 4. The molecule has 1 amide bonds. The Morgan fingerprint density at radius 1 is 1.28 bits per heavy atom. The van der Waals surface area contributed by atoms with E-state index in [2.05, 4.69) is 5.32 Å². The van der Waals surface area contributed by atoms with E-state index in [4.69, 9.17) is 27.6 Å². The molecule has 0 radical (unpaired) electrons. The van der Waals surface area contributed by atoms with Crippen molar-refractivity contribution in [3.63, 3.8) is 0 Å². The lowest BCUT2D eigenvalue weighted by Crippen LogP contribution is -2.25. The summed E-state index contributed by atoms with van der Waals surface area (Å²) in [4.78, 5) is 11.8. The summed E-state index contributed by atoms with van der Waals surface area (Å²) in [7, 11) is 0. The third-order valence-electron chi connectivity index (χ3n) is 2.41. The van der Waals surface area contributed by atoms with E-state index in [9.17, 15) is 4.79 Å². The largest absolute Gasteiger partial charge is 0.469 e. The summed E-state index contributed by atoms with van der Waals surface area (Å²) in [6, 6.07) is 8.46. The lowest BCUT2D eigenvalue weighted by Gasteiger charge is -2.06. The molecule has 0 saturated heterocycles. The fraction of sp³-hybridized carbons (Fsp3) is 0.154. The number of hydrogen-bond acceptors (Lipinski definition) is 2. The predicted octanol–water partition coefficient (Wildman–Crippen LogP) is 3.56. The minimum atomic E-state index is -0.219. The number of benzene rings is 1. The van der Waals surface area contributed by atoms with E-state index in [-0.39, 0.29) is 5.91 Å². The standard InChI is InChI=1S/C13H11Cl2NO2/c14-9-3-4-11(12(15)8-9)13(17)16-6-5-10-2-1-7-18-10/h1-4,7-8H,5-6H2,(H,16,17). The molecule has 0 fully saturated rings. The number of nitrogens with one attached hydrogen (secondary N) is 1. The van der Waals surface area contributed by atoms with E-state index in [1.807, 2.05) is 12.1 Å². The van der Waals surface area contributed by atoms with E-state index in [1.54, 1.807) is 24.5 Å². The van der Waals surface area contributed by atoms with Gasteiger partial charge >= 0.3 is 0 Å². The SMILES string of the molecule is O=C(NCCc1ccco1)c1ccc(Cl)cc1Cl. The van der Waals surface area contributed by atoms with Crippen molar-refractivity contribution in [1.82, 2.24) is 5.32 Å². The second-order valence-corrected chi connectivity index (χ2v) is 4.55. The number of amides is 1. The van der Waals surface area contributed by atoms with Gasteiger partial charge in [0.2, 0.25) is 0 Å². The van der Waals surface area contributed by atoms with Crippen LogP contribution in [-0.4, -0.2) is 12.5 Å². The summed E-state index contributed by atoms with van der Waals surface area (Å²) in [6.07, 6.45) is 2.25. The van der Waals surface area contributed by atoms with Gasteiger partial charge in [-0.1, -0.05) is 23.2 Å². The molecule has 0 bridgehead atoms. The van der Waals surface area contributed by atoms with Gasteiger partial charge in [-0.15, -0.1) is 0 Å². The van der Waals surface area contributed by atoms with Gasteiger partial charge in [0.1, 0.15) is 5.76 Å². The number of carbonyl (C=O) groups is 1. The van der Waals surface area contributed by atoms with Crippen LogP contribution in [0.25, 0.3) is 0 Å². The summed E-state index contributed by atoms with van der Waals surface area (Å²) in [6.45, 7) is 0.491. The summed E-state index contributed by atoms with van der Waals surface area (Å²) in [5.41, 5.74) is 0.417. The molecule has 0 aliphatic carbocycles. The van der Waals surface area contributed by atoms with Gasteiger partial charge in [-0.2, -0.15) is 0 Å². The number of carbonyl (C=O) groups excluding carboxylic acids is 1. The Balaban J connectivity index is 1.91. The third-order valence-corrected chi connectivity index (χ3v) is 2.96. The average molecular weight is 284 g/mol. The van der Waals surface area contributed by atoms with Crippen LogP contribution >= 0.6 is 23.2 Å². The van der Waals surface area contributed by atoms with Crippen molar-refractivity contribution in [2.75, 3.05) is 6.54 Å². The fourth-order valence-corrected chi connectivity index (χ4v) is 2.02. The normalized spacial score (nSPS) is 10.3. The zero-order chi connectivity index (χ0) is 13.0. The Bertz CT molecular complexity index is 538. The molecule has 5 heteroatoms. The maximum atomic E-state index is 11.8. The molecule has 0 aliphatic heterocycles. The summed E-state index contributed by atoms with van der Waals surface area (Å²) < 4.78 is 5.17. The molecule has 0 unspecified atom stereocenters. The molecule has 0 atom stereocenters. The Morgan fingerprint density at radius 3 is 2.78 bits per heavy atom. The topological polar surface area (TPSA) is 42.2 Å². The minimum Gasteiger partial charge on any atom is -0.469 e. The van der Waals surface area contributed by atoms with Crippen LogP contribution in [0.2, 0.25) is 10.0 Å². The predicted molar refractivity (Wildman–Crippen MR) is 71.2 cm³/mol. The Labute approximate surface area is 115 Å². The van der Waals surface area contributed by atoms with Crippen molar-refractivity contribution in [3.05, 3.63) is 58.0 Å². The van der Waals surface area contributed by atoms with Crippen molar-refractivity contribution in [3.8, 4) is 0 Å². The van der Waals surface area contributed by atoms with Gasteiger partial charge in [-0.05, 0) is 30.3 Å². The molecule has 18 heavy (non-hydrogen) atoms. The summed E-state index contributed by atoms with van der Waals surface area (Å²) >= 11 is 11.7. The number of hydrogen-bond donors (Lipinski definition) is 1. The summed E-state index contributed by atoms with van der Waals surface area (Å²) in [5.74, 6) is 0.612. The van der Waals surface area contributed by atoms with E-state index in [1.165, 1.54) is 0 Å². The van der Waals surface area contributed by atoms with E-state index < -0.39 is 0 Å². The first kappa shape index (κ1) is 13.0. The number of furan rings is 1. The Morgan fingerprint density at radius 2 is 2.11 bits per heavy atom. The zero-order valence-electron chi connectivity index (χ0n) is 9.45. The second-order valence-electron chi connectivity index (χ2n) is 3.71. The first-order valence-corrected chi connectivity index (χ1v) is 6.18. The van der Waals surface area contributed by atoms with Gasteiger partial charge in [0, 0.05) is 18.0 Å². The minimum absolute atomic E-state index is 0.219. The first-order valence-electron chi connectivity index (χ1n) is 5.42. The molecule has 2 aromatic rings. The smallest absolute Gasteiger partial charge is 0.252 e. The van der Waals surface area contributed by atoms with Gasteiger partial charge in [0.15, 0.2) is 0 Å². The maximum Gasteiger partial charge on any atom is 0.252 e. The van der Waals surface area contributed by atoms with Gasteiger partial charge in [-0.25, -0.2) is 0 Å². The molecule has 94 valence electrons. The van der Waals surface area contributed by atoms with Gasteiger partial charge in [0.25, 0.3) is 5.91 Å². The van der Waals surface area contributed by atoms with Crippen LogP contribution in [0.5, 0.6) is 0 Å². The monoisotopic (exact) mass is 283 g/mol. The number of halogens is 2. The molecule has 3 nitrogen and oxygen atoms in total. The highest BCUT2D eigenvalue weighted by Gasteiger charge is 2.10. The molecule has 1 N–H and O–H groups in total. The van der Waals surface area contributed by atoms with Crippen molar-refractivity contribution in [2.45, 2.75) is 6.42 Å². The van der Waals surface area contributed by atoms with Crippen LogP contribution in [0.3, 0.4) is 0 Å². The van der Waals surface area contributed by atoms with Crippen molar-refractivity contribution < 1.29 is 9.21 Å². The highest BCUT2D eigenvalue weighted by Crippen LogP contribution is 2.20. The second kappa shape index (κ2) is 5.94. The van der Waals surface area contributed by atoms with Crippen LogP contribution in [0.1, 0.15) is 16.1 Å². The van der Waals surface area contributed by atoms with Crippen LogP contribution < -0.4 is 5.32 Å². The molecular formula is C13H11Cl2NO2. The van der Waals surface area contributed by atoms with Crippen LogP contribution in [-0.2, 0) is 6.42 Å². The molecule has 0 saturated carbocycles. The lowest BCUT2D eigenvalue weighted by atomic mass is 10.2. The van der Waals surface area contributed by atoms with Gasteiger partial charge in [-0.3, -0.25) is 4.79 Å². The maximum absolute atomic E-state index is 11.8. The van der Waals surface area contributed by atoms with Crippen LogP contribution in [0, 0.1) is 0 Å². The average Bonchev–Trinajstić information content (AvgIpc) is 2.81. The van der Waals surface area contributed by atoms with Gasteiger partial charge in [0.05, 0.1) is 16.8 Å². The van der Waals surface area contributed by atoms with E-state index in [0.717, 1.165) is 5.76 Å². The van der Waals surface area contributed by atoms with Crippen molar-refractivity contribution in [1.29, 1.82) is 0 Å². The molecule has 1 aromatic heterocycles. The molecular weight excluding hydrogens is 273 g/mol. The Kier molecular flexibility index (Phi) is 4.28. The zero-order valence-corrected chi connectivity index (χ0v) is 11.0. The Hall–Kier alpha value is -1.45. The lowest BCUT2D eigenvalue weighted by molar-refractivity contribution is 0.0954. The highest BCUT2D eigenvalue weighted by atomic mass is 35.5. The fourth-order valence-electron chi connectivity index (χ4n) is 1.52. The van der Waals surface area contributed by atoms with E-state index in [0.29, 0.717) is 28.6 Å². The molecule has 1 aromatic carbocycles. The molecule has 2 rings (SSSR count). The summed E-state index contributed by atoms with van der Waals surface area (Å²) in [5, 5.41) is 3.62. The van der Waals surface area contributed by atoms with Crippen molar-refractivity contribution >= 4 is 29.1 Å². The van der Waals surface area contributed by atoms with Crippen molar-refractivity contribution in [2.24, 2.45) is 0 Å². The van der Waals surface area contributed by atoms with Gasteiger partial charge < -0.3 is 9.73 Å². The first-order chi connectivity index (χ1) is 8.66. The third kappa shape index (κ3) is 3.28. The quantitative estimate of drug-likeness (QED) is 0.932.